The molecule has 0 radical (unpaired) electrons. The Hall–Kier alpha value is -1.92. The molecule has 0 saturated heterocycles. The molecule has 0 aliphatic heterocycles. The van der Waals surface area contributed by atoms with Crippen molar-refractivity contribution in [3.63, 3.8) is 0 Å². The van der Waals surface area contributed by atoms with Gasteiger partial charge in [0.1, 0.15) is 5.76 Å². The summed E-state index contributed by atoms with van der Waals surface area (Å²) in [7, 11) is 0. The molecule has 3 aromatic heterocycles. The molecule has 0 bridgehead atoms. The van der Waals surface area contributed by atoms with E-state index in [1.165, 1.54) is 0 Å². The Morgan fingerprint density at radius 3 is 2.91 bits per heavy atom. The van der Waals surface area contributed by atoms with E-state index in [2.05, 4.69) is 34.6 Å². The Balaban J connectivity index is 1.59. The molecule has 3 aromatic rings. The van der Waals surface area contributed by atoms with Gasteiger partial charge in [-0.05, 0) is 39.0 Å². The molecule has 0 aromatic carbocycles. The molecule has 2 atom stereocenters. The highest BCUT2D eigenvalue weighted by Gasteiger charge is 2.14. The van der Waals surface area contributed by atoms with Crippen molar-refractivity contribution in [2.45, 2.75) is 39.4 Å². The zero-order valence-electron chi connectivity index (χ0n) is 13.0. The van der Waals surface area contributed by atoms with Crippen LogP contribution in [0.15, 0.2) is 40.4 Å². The molecule has 3 rings (SSSR count). The van der Waals surface area contributed by atoms with Gasteiger partial charge >= 0.3 is 0 Å². The van der Waals surface area contributed by atoms with E-state index in [4.69, 9.17) is 4.42 Å². The van der Waals surface area contributed by atoms with Gasteiger partial charge in [0.2, 0.25) is 0 Å². The zero-order chi connectivity index (χ0) is 15.5. The molecule has 0 unspecified atom stereocenters. The smallest absolute Gasteiger partial charge is 0.162 e. The van der Waals surface area contributed by atoms with Crippen molar-refractivity contribution in [1.29, 1.82) is 0 Å². The third-order valence-corrected chi connectivity index (χ3v) is 4.68. The van der Waals surface area contributed by atoms with Crippen LogP contribution < -0.4 is 5.32 Å². The highest BCUT2D eigenvalue weighted by atomic mass is 32.1. The van der Waals surface area contributed by atoms with Crippen LogP contribution in [0.2, 0.25) is 0 Å². The van der Waals surface area contributed by atoms with Crippen molar-refractivity contribution in [3.05, 3.63) is 47.4 Å². The minimum atomic E-state index is 0.292. The van der Waals surface area contributed by atoms with Gasteiger partial charge < -0.3 is 9.73 Å². The highest BCUT2D eigenvalue weighted by Crippen LogP contribution is 2.25. The maximum atomic E-state index is 5.61. The van der Waals surface area contributed by atoms with Gasteiger partial charge in [-0.25, -0.2) is 4.98 Å². The largest absolute Gasteiger partial charge is 0.459 e. The quantitative estimate of drug-likeness (QED) is 0.754. The highest BCUT2D eigenvalue weighted by molar-refractivity contribution is 7.13. The molecule has 0 amide bonds. The topological polar surface area (TPSA) is 55.9 Å². The van der Waals surface area contributed by atoms with E-state index < -0.39 is 0 Å². The van der Waals surface area contributed by atoms with Gasteiger partial charge in [-0.3, -0.25) is 4.68 Å². The second-order valence-electron chi connectivity index (χ2n) is 5.45. The van der Waals surface area contributed by atoms with Crippen LogP contribution in [0.4, 0.5) is 0 Å². The second kappa shape index (κ2) is 6.46. The van der Waals surface area contributed by atoms with Gasteiger partial charge in [-0.1, -0.05) is 0 Å². The van der Waals surface area contributed by atoms with E-state index in [1.807, 2.05) is 36.0 Å². The van der Waals surface area contributed by atoms with Crippen molar-refractivity contribution in [2.75, 3.05) is 0 Å². The van der Waals surface area contributed by atoms with Gasteiger partial charge in [0.25, 0.3) is 0 Å². The SMILES string of the molecule is Cc1ccc(-c2nc(CN[C@@H](C)[C@H](C)n3cccn3)cs2)o1. The van der Waals surface area contributed by atoms with E-state index in [1.54, 1.807) is 17.5 Å². The first kappa shape index (κ1) is 15.0. The fraction of sp³-hybridized carbons (Fsp3) is 0.375. The summed E-state index contributed by atoms with van der Waals surface area (Å²) < 4.78 is 7.58. The van der Waals surface area contributed by atoms with Crippen LogP contribution in [-0.2, 0) is 6.54 Å². The molecular formula is C16H20N4OS. The molecule has 0 spiro atoms. The van der Waals surface area contributed by atoms with Crippen LogP contribution in [0.3, 0.4) is 0 Å². The molecule has 116 valence electrons. The summed E-state index contributed by atoms with van der Waals surface area (Å²) in [5, 5.41) is 10.8. The Bertz CT molecular complexity index is 716. The Kier molecular flexibility index (Phi) is 4.40. The number of aryl methyl sites for hydroxylation is 1. The maximum Gasteiger partial charge on any atom is 0.162 e. The number of rotatable bonds is 6. The van der Waals surface area contributed by atoms with E-state index in [9.17, 15) is 0 Å². The van der Waals surface area contributed by atoms with Gasteiger partial charge in [-0.15, -0.1) is 11.3 Å². The van der Waals surface area contributed by atoms with Crippen LogP contribution in [0.5, 0.6) is 0 Å². The molecular weight excluding hydrogens is 296 g/mol. The predicted octanol–water partition coefficient (Wildman–Crippen LogP) is 3.65. The van der Waals surface area contributed by atoms with Crippen molar-refractivity contribution in [3.8, 4) is 10.8 Å². The molecule has 0 fully saturated rings. The summed E-state index contributed by atoms with van der Waals surface area (Å²) in [5.41, 5.74) is 1.04. The lowest BCUT2D eigenvalue weighted by molar-refractivity contribution is 0.364. The van der Waals surface area contributed by atoms with E-state index in [0.717, 1.165) is 28.8 Å². The zero-order valence-corrected chi connectivity index (χ0v) is 13.8. The summed E-state index contributed by atoms with van der Waals surface area (Å²) in [6.45, 7) is 7.00. The lowest BCUT2D eigenvalue weighted by Crippen LogP contribution is -2.33. The van der Waals surface area contributed by atoms with Crippen molar-refractivity contribution < 1.29 is 4.42 Å². The summed E-state index contributed by atoms with van der Waals surface area (Å²) >= 11 is 1.61. The number of aromatic nitrogens is 3. The first-order valence-corrected chi connectivity index (χ1v) is 8.25. The van der Waals surface area contributed by atoms with Crippen LogP contribution in [0, 0.1) is 6.92 Å². The number of thiazole rings is 1. The average molecular weight is 316 g/mol. The lowest BCUT2D eigenvalue weighted by Gasteiger charge is -2.21. The minimum Gasteiger partial charge on any atom is -0.459 e. The van der Waals surface area contributed by atoms with E-state index in [0.29, 0.717) is 12.1 Å². The summed E-state index contributed by atoms with van der Waals surface area (Å²) in [5.74, 6) is 1.75. The van der Waals surface area contributed by atoms with E-state index >= 15 is 0 Å². The third-order valence-electron chi connectivity index (χ3n) is 3.77. The van der Waals surface area contributed by atoms with E-state index in [-0.39, 0.29) is 0 Å². The van der Waals surface area contributed by atoms with Crippen LogP contribution in [0.1, 0.15) is 31.3 Å². The van der Waals surface area contributed by atoms with Crippen molar-refractivity contribution in [2.24, 2.45) is 0 Å². The van der Waals surface area contributed by atoms with Crippen LogP contribution >= 0.6 is 11.3 Å². The monoisotopic (exact) mass is 316 g/mol. The van der Waals surface area contributed by atoms with Crippen LogP contribution in [-0.4, -0.2) is 20.8 Å². The first-order chi connectivity index (χ1) is 10.6. The molecule has 6 heteroatoms. The van der Waals surface area contributed by atoms with Gasteiger partial charge in [0.05, 0.1) is 11.7 Å². The molecule has 0 aliphatic rings. The second-order valence-corrected chi connectivity index (χ2v) is 6.31. The van der Waals surface area contributed by atoms with Gasteiger partial charge in [0.15, 0.2) is 10.8 Å². The standard InChI is InChI=1S/C16H20N4OS/c1-11-5-6-15(21-11)16-19-14(10-22-16)9-17-12(2)13(3)20-8-4-7-18-20/h4-8,10,12-13,17H,9H2,1-3H3/t12-,13-/m0/s1. The Morgan fingerprint density at radius 1 is 1.36 bits per heavy atom. The van der Waals surface area contributed by atoms with Crippen LogP contribution in [0.25, 0.3) is 10.8 Å². The number of nitrogens with one attached hydrogen (secondary N) is 1. The molecule has 1 N–H and O–H groups in total. The average Bonchev–Trinajstić information content (AvgIpc) is 3.24. The summed E-state index contributed by atoms with van der Waals surface area (Å²) in [6.07, 6.45) is 3.80. The molecule has 22 heavy (non-hydrogen) atoms. The molecule has 5 nitrogen and oxygen atoms in total. The Morgan fingerprint density at radius 2 is 2.23 bits per heavy atom. The minimum absolute atomic E-state index is 0.292. The first-order valence-electron chi connectivity index (χ1n) is 7.37. The fourth-order valence-corrected chi connectivity index (χ4v) is 3.02. The Labute approximate surface area is 134 Å². The number of nitrogens with zero attached hydrogens (tertiary/aromatic N) is 3. The van der Waals surface area contributed by atoms with Gasteiger partial charge in [-0.2, -0.15) is 5.10 Å². The molecule has 3 heterocycles. The molecule has 0 saturated carbocycles. The fourth-order valence-electron chi connectivity index (χ4n) is 2.24. The number of hydrogen-bond acceptors (Lipinski definition) is 5. The maximum absolute atomic E-state index is 5.61. The number of hydrogen-bond donors (Lipinski definition) is 1. The summed E-state index contributed by atoms with van der Waals surface area (Å²) in [6, 6.07) is 6.47. The predicted molar refractivity (Wildman–Crippen MR) is 87.8 cm³/mol. The molecule has 0 aliphatic carbocycles. The lowest BCUT2D eigenvalue weighted by atomic mass is 10.2. The van der Waals surface area contributed by atoms with Crippen molar-refractivity contribution in [1.82, 2.24) is 20.1 Å². The normalized spacial score (nSPS) is 14.1. The third kappa shape index (κ3) is 3.28. The number of furan rings is 1. The van der Waals surface area contributed by atoms with Crippen molar-refractivity contribution >= 4 is 11.3 Å². The summed E-state index contributed by atoms with van der Waals surface area (Å²) in [4.78, 5) is 4.63. The van der Waals surface area contributed by atoms with Gasteiger partial charge in [0, 0.05) is 30.4 Å².